The van der Waals surface area contributed by atoms with Crippen LogP contribution in [0, 0.1) is 0 Å². The van der Waals surface area contributed by atoms with E-state index in [1.54, 1.807) is 92.7 Å². The summed E-state index contributed by atoms with van der Waals surface area (Å²) in [7, 11) is 0. The lowest BCUT2D eigenvalue weighted by molar-refractivity contribution is -0.115. The van der Waals surface area contributed by atoms with Gasteiger partial charge in [0.25, 0.3) is 11.8 Å². The molecule has 0 radical (unpaired) electrons. The zero-order valence-electron chi connectivity index (χ0n) is 26.6. The molecule has 11 heteroatoms. The lowest BCUT2D eigenvalue weighted by Crippen LogP contribution is -2.30. The SMILES string of the molecule is CCOC(=O)c1c(NC(=O)C(C)Sc2cccc(NC(=O)/C(=C/c3cccc(Cl)c3)NC(=O)c3ccccc3)c2)sc2c1CCCCC2. The van der Waals surface area contributed by atoms with Crippen LogP contribution in [0.2, 0.25) is 5.02 Å². The molecule has 3 amide bonds. The fourth-order valence-corrected chi connectivity index (χ4v) is 7.68. The minimum atomic E-state index is -0.531. The predicted octanol–water partition coefficient (Wildman–Crippen LogP) is 8.38. The summed E-state index contributed by atoms with van der Waals surface area (Å²) in [6, 6.07) is 22.7. The number of ether oxygens (including phenoxy) is 1. The van der Waals surface area contributed by atoms with Gasteiger partial charge in [-0.25, -0.2) is 4.79 Å². The summed E-state index contributed by atoms with van der Waals surface area (Å²) in [4.78, 5) is 54.7. The summed E-state index contributed by atoms with van der Waals surface area (Å²) in [6.07, 6.45) is 6.41. The fraction of sp³-hybridized carbons (Fsp3) is 0.243. The molecule has 1 aliphatic carbocycles. The Balaban J connectivity index is 1.29. The van der Waals surface area contributed by atoms with Crippen molar-refractivity contribution in [2.45, 2.75) is 56.1 Å². The second kappa shape index (κ2) is 16.6. The van der Waals surface area contributed by atoms with E-state index in [-0.39, 0.29) is 18.2 Å². The molecule has 3 aromatic carbocycles. The summed E-state index contributed by atoms with van der Waals surface area (Å²) in [5, 5.41) is 9.10. The van der Waals surface area contributed by atoms with E-state index in [9.17, 15) is 19.2 Å². The molecule has 0 spiro atoms. The Morgan fingerprint density at radius 3 is 2.48 bits per heavy atom. The van der Waals surface area contributed by atoms with Crippen LogP contribution in [0.15, 0.2) is 89.5 Å². The summed E-state index contributed by atoms with van der Waals surface area (Å²) < 4.78 is 5.36. The number of carbonyl (C=O) groups excluding carboxylic acids is 4. The van der Waals surface area contributed by atoms with Crippen molar-refractivity contribution in [3.05, 3.63) is 117 Å². The van der Waals surface area contributed by atoms with E-state index in [1.165, 1.54) is 23.1 Å². The Kier molecular flexibility index (Phi) is 12.1. The van der Waals surface area contributed by atoms with Crippen LogP contribution in [0.25, 0.3) is 6.08 Å². The summed E-state index contributed by atoms with van der Waals surface area (Å²) in [5.74, 6) is -1.61. The Bertz CT molecular complexity index is 1840. The van der Waals surface area contributed by atoms with Crippen molar-refractivity contribution in [2.75, 3.05) is 17.2 Å². The average molecular weight is 702 g/mol. The molecular weight excluding hydrogens is 666 g/mol. The first kappa shape index (κ1) is 34.9. The van der Waals surface area contributed by atoms with Gasteiger partial charge in [-0.05, 0) is 99.2 Å². The Morgan fingerprint density at radius 2 is 1.71 bits per heavy atom. The molecule has 0 fully saturated rings. The molecule has 48 heavy (non-hydrogen) atoms. The molecule has 1 unspecified atom stereocenters. The monoisotopic (exact) mass is 701 g/mol. The molecule has 0 saturated carbocycles. The van der Waals surface area contributed by atoms with Crippen LogP contribution in [0.5, 0.6) is 0 Å². The number of thiophene rings is 1. The zero-order chi connectivity index (χ0) is 34.0. The number of anilines is 2. The second-order valence-corrected chi connectivity index (χ2v) is 14.1. The van der Waals surface area contributed by atoms with E-state index in [2.05, 4.69) is 16.0 Å². The molecule has 248 valence electrons. The molecule has 1 aromatic heterocycles. The van der Waals surface area contributed by atoms with Gasteiger partial charge in [-0.15, -0.1) is 23.1 Å². The number of halogens is 1. The van der Waals surface area contributed by atoms with E-state index < -0.39 is 23.0 Å². The average Bonchev–Trinajstić information content (AvgIpc) is 3.24. The highest BCUT2D eigenvalue weighted by Gasteiger charge is 2.28. The van der Waals surface area contributed by atoms with Crippen LogP contribution in [0.1, 0.15) is 69.8 Å². The van der Waals surface area contributed by atoms with Gasteiger partial charge in [-0.1, -0.05) is 54.4 Å². The first-order chi connectivity index (χ1) is 23.2. The molecule has 1 aliphatic rings. The quantitative estimate of drug-likeness (QED) is 0.0627. The van der Waals surface area contributed by atoms with Gasteiger partial charge in [0, 0.05) is 26.0 Å². The second-order valence-electron chi connectivity index (χ2n) is 11.2. The number of carbonyl (C=O) groups is 4. The minimum Gasteiger partial charge on any atom is -0.462 e. The van der Waals surface area contributed by atoms with Gasteiger partial charge in [-0.2, -0.15) is 0 Å². The van der Waals surface area contributed by atoms with E-state index in [1.807, 2.05) is 6.07 Å². The molecule has 0 aliphatic heterocycles. The highest BCUT2D eigenvalue weighted by molar-refractivity contribution is 8.00. The topological polar surface area (TPSA) is 114 Å². The largest absolute Gasteiger partial charge is 0.462 e. The van der Waals surface area contributed by atoms with Crippen LogP contribution >= 0.6 is 34.7 Å². The number of benzene rings is 3. The van der Waals surface area contributed by atoms with Gasteiger partial charge in [0.05, 0.1) is 17.4 Å². The van der Waals surface area contributed by atoms with Crippen LogP contribution in [-0.4, -0.2) is 35.5 Å². The maximum absolute atomic E-state index is 13.5. The van der Waals surface area contributed by atoms with E-state index in [0.29, 0.717) is 32.4 Å². The number of nitrogens with one attached hydrogen (secondary N) is 3. The van der Waals surface area contributed by atoms with Crippen LogP contribution in [-0.2, 0) is 27.2 Å². The molecule has 0 saturated heterocycles. The fourth-order valence-electron chi connectivity index (χ4n) is 5.27. The Hall–Kier alpha value is -4.38. The van der Waals surface area contributed by atoms with E-state index in [0.717, 1.165) is 47.4 Å². The van der Waals surface area contributed by atoms with Gasteiger partial charge in [-0.3, -0.25) is 14.4 Å². The van der Waals surface area contributed by atoms with Crippen LogP contribution in [0.4, 0.5) is 10.7 Å². The molecule has 4 aromatic rings. The standard InChI is InChI=1S/C37H36ClN3O5S2/c1-3-46-37(45)32-29-18-8-5-9-19-31(29)48-36(32)41-33(42)23(2)47-28-17-11-16-27(22-28)39-35(44)30(21-24-12-10-15-26(38)20-24)40-34(43)25-13-6-4-7-14-25/h4,6-7,10-17,20-23H,3,5,8-9,18-19H2,1-2H3,(H,39,44)(H,40,43)(H,41,42)/b30-21-. The molecule has 8 nitrogen and oxygen atoms in total. The number of hydrogen-bond acceptors (Lipinski definition) is 7. The number of amides is 3. The van der Waals surface area contributed by atoms with Gasteiger partial charge < -0.3 is 20.7 Å². The summed E-state index contributed by atoms with van der Waals surface area (Å²) in [5.41, 5.74) is 3.03. The highest BCUT2D eigenvalue weighted by Crippen LogP contribution is 2.38. The third-order valence-electron chi connectivity index (χ3n) is 7.60. The number of esters is 1. The van der Waals surface area contributed by atoms with Crippen molar-refractivity contribution < 1.29 is 23.9 Å². The van der Waals surface area contributed by atoms with Gasteiger partial charge in [0.1, 0.15) is 10.7 Å². The van der Waals surface area contributed by atoms with E-state index >= 15 is 0 Å². The first-order valence-electron chi connectivity index (χ1n) is 15.8. The molecule has 1 atom stereocenters. The minimum absolute atomic E-state index is 0.0312. The van der Waals surface area contributed by atoms with Crippen molar-refractivity contribution in [3.63, 3.8) is 0 Å². The third-order valence-corrected chi connectivity index (χ3v) is 10.1. The van der Waals surface area contributed by atoms with Gasteiger partial charge in [0.2, 0.25) is 5.91 Å². The van der Waals surface area contributed by atoms with Crippen molar-refractivity contribution >= 4 is 75.2 Å². The summed E-state index contributed by atoms with van der Waals surface area (Å²) in [6.45, 7) is 3.82. The van der Waals surface area contributed by atoms with E-state index in [4.69, 9.17) is 16.3 Å². The number of rotatable bonds is 11. The first-order valence-corrected chi connectivity index (χ1v) is 17.8. The molecule has 3 N–H and O–H groups in total. The summed E-state index contributed by atoms with van der Waals surface area (Å²) >= 11 is 8.95. The smallest absolute Gasteiger partial charge is 0.341 e. The number of aryl methyl sites for hydroxylation is 1. The molecular formula is C37H36ClN3O5S2. The number of hydrogen-bond donors (Lipinski definition) is 3. The molecule has 5 rings (SSSR count). The van der Waals surface area contributed by atoms with Crippen molar-refractivity contribution in [2.24, 2.45) is 0 Å². The number of fused-ring (bicyclic) bond motifs is 1. The Morgan fingerprint density at radius 1 is 0.938 bits per heavy atom. The molecule has 0 bridgehead atoms. The van der Waals surface area contributed by atoms with Crippen molar-refractivity contribution in [1.82, 2.24) is 5.32 Å². The van der Waals surface area contributed by atoms with Crippen molar-refractivity contribution in [1.29, 1.82) is 0 Å². The predicted molar refractivity (Wildman–Crippen MR) is 194 cm³/mol. The lowest BCUT2D eigenvalue weighted by atomic mass is 10.1. The van der Waals surface area contributed by atoms with Crippen molar-refractivity contribution in [3.8, 4) is 0 Å². The van der Waals surface area contributed by atoms with Gasteiger partial charge in [0.15, 0.2) is 0 Å². The zero-order valence-corrected chi connectivity index (χ0v) is 29.0. The lowest BCUT2D eigenvalue weighted by Gasteiger charge is -2.14. The third kappa shape index (κ3) is 9.15. The van der Waals surface area contributed by atoms with Crippen LogP contribution < -0.4 is 16.0 Å². The normalized spacial score (nSPS) is 13.4. The highest BCUT2D eigenvalue weighted by atomic mass is 35.5. The van der Waals surface area contributed by atoms with Crippen LogP contribution in [0.3, 0.4) is 0 Å². The maximum Gasteiger partial charge on any atom is 0.341 e. The Labute approximate surface area is 293 Å². The molecule has 1 heterocycles. The van der Waals surface area contributed by atoms with Gasteiger partial charge >= 0.3 is 5.97 Å². The maximum atomic E-state index is 13.5. The number of thioether (sulfide) groups is 1.